The maximum atomic E-state index is 12.6. The Hall–Kier alpha value is -1.22. The monoisotopic (exact) mass is 168 g/mol. The molecule has 0 fully saturated rings. The van der Waals surface area contributed by atoms with Crippen molar-refractivity contribution in [3.63, 3.8) is 0 Å². The normalized spacial score (nSPS) is 12.5. The number of hydrogen-bond acceptors (Lipinski definition) is 2. The third-order valence-corrected chi connectivity index (χ3v) is 1.55. The largest absolute Gasteiger partial charge is 0.369 e. The Morgan fingerprint density at radius 1 is 1.58 bits per heavy atom. The number of rotatable bonds is 3. The van der Waals surface area contributed by atoms with E-state index < -0.39 is 6.10 Å². The highest BCUT2D eigenvalue weighted by Crippen LogP contribution is 2.14. The van der Waals surface area contributed by atoms with Gasteiger partial charge in [0.1, 0.15) is 11.9 Å². The lowest BCUT2D eigenvalue weighted by Crippen LogP contribution is -2.02. The molecular weight excluding hydrogens is 159 g/mol. The summed E-state index contributed by atoms with van der Waals surface area (Å²) in [6.45, 7) is 0. The molecule has 0 heterocycles. The molecule has 0 saturated carbocycles. The van der Waals surface area contributed by atoms with Crippen LogP contribution in [0.25, 0.3) is 0 Å². The fourth-order valence-corrected chi connectivity index (χ4v) is 0.954. The van der Waals surface area contributed by atoms with Crippen molar-refractivity contribution in [2.75, 3.05) is 7.11 Å². The van der Waals surface area contributed by atoms with Gasteiger partial charge in [0.05, 0.1) is 0 Å². The lowest BCUT2D eigenvalue weighted by atomic mass is 10.1. The second-order valence-electron chi connectivity index (χ2n) is 2.35. The number of carbonyl (C=O) groups is 1. The van der Waals surface area contributed by atoms with Crippen LogP contribution in [0.15, 0.2) is 24.3 Å². The highest BCUT2D eigenvalue weighted by Gasteiger charge is 2.08. The van der Waals surface area contributed by atoms with Gasteiger partial charge in [-0.2, -0.15) is 0 Å². The SMILES string of the molecule is COC(C=O)c1cccc(F)c1. The molecule has 0 spiro atoms. The summed E-state index contributed by atoms with van der Waals surface area (Å²) in [5, 5.41) is 0. The third-order valence-electron chi connectivity index (χ3n) is 1.55. The molecule has 0 N–H and O–H groups in total. The molecule has 0 aliphatic heterocycles. The van der Waals surface area contributed by atoms with Crippen LogP contribution in [0.3, 0.4) is 0 Å². The Balaban J connectivity index is 2.93. The molecule has 1 aromatic carbocycles. The first-order chi connectivity index (χ1) is 5.77. The molecule has 1 rings (SSSR count). The van der Waals surface area contributed by atoms with E-state index in [0.717, 1.165) is 0 Å². The predicted octanol–water partition coefficient (Wildman–Crippen LogP) is 1.71. The molecule has 1 unspecified atom stereocenters. The van der Waals surface area contributed by atoms with Crippen molar-refractivity contribution >= 4 is 6.29 Å². The Morgan fingerprint density at radius 3 is 2.83 bits per heavy atom. The summed E-state index contributed by atoms with van der Waals surface area (Å²) in [5.41, 5.74) is 0.535. The molecule has 2 nitrogen and oxygen atoms in total. The third kappa shape index (κ3) is 1.89. The molecule has 0 radical (unpaired) electrons. The fourth-order valence-electron chi connectivity index (χ4n) is 0.954. The topological polar surface area (TPSA) is 26.3 Å². The van der Waals surface area contributed by atoms with Gasteiger partial charge in [-0.15, -0.1) is 0 Å². The zero-order valence-electron chi connectivity index (χ0n) is 6.66. The Kier molecular flexibility index (Phi) is 2.94. The van der Waals surface area contributed by atoms with Crippen molar-refractivity contribution in [1.29, 1.82) is 0 Å². The van der Waals surface area contributed by atoms with Crippen LogP contribution in [0, 0.1) is 5.82 Å². The van der Waals surface area contributed by atoms with Crippen molar-refractivity contribution in [2.24, 2.45) is 0 Å². The summed E-state index contributed by atoms with van der Waals surface area (Å²) in [4.78, 5) is 10.4. The summed E-state index contributed by atoms with van der Waals surface area (Å²) < 4.78 is 17.4. The zero-order valence-corrected chi connectivity index (χ0v) is 6.66. The number of halogens is 1. The average molecular weight is 168 g/mol. The Bertz CT molecular complexity index is 273. The summed E-state index contributed by atoms with van der Waals surface area (Å²) in [5.74, 6) is -0.364. The van der Waals surface area contributed by atoms with E-state index in [1.807, 2.05) is 0 Å². The highest BCUT2D eigenvalue weighted by molar-refractivity contribution is 5.59. The lowest BCUT2D eigenvalue weighted by molar-refractivity contribution is -0.116. The molecule has 0 amide bonds. The van der Waals surface area contributed by atoms with Gasteiger partial charge in [-0.3, -0.25) is 0 Å². The van der Waals surface area contributed by atoms with Crippen molar-refractivity contribution < 1.29 is 13.9 Å². The van der Waals surface area contributed by atoms with Gasteiger partial charge in [-0.25, -0.2) is 4.39 Å². The van der Waals surface area contributed by atoms with Gasteiger partial charge in [0, 0.05) is 7.11 Å². The second-order valence-corrected chi connectivity index (χ2v) is 2.35. The summed E-state index contributed by atoms with van der Waals surface area (Å²) >= 11 is 0. The number of hydrogen-bond donors (Lipinski definition) is 0. The van der Waals surface area contributed by atoms with Crippen LogP contribution >= 0.6 is 0 Å². The van der Waals surface area contributed by atoms with E-state index in [4.69, 9.17) is 4.74 Å². The number of aldehydes is 1. The van der Waals surface area contributed by atoms with E-state index in [1.54, 1.807) is 12.1 Å². The van der Waals surface area contributed by atoms with Gasteiger partial charge in [0.2, 0.25) is 0 Å². The van der Waals surface area contributed by atoms with Gasteiger partial charge >= 0.3 is 0 Å². The van der Waals surface area contributed by atoms with Gasteiger partial charge in [-0.05, 0) is 17.7 Å². The first-order valence-corrected chi connectivity index (χ1v) is 3.51. The van der Waals surface area contributed by atoms with Gasteiger partial charge in [-0.1, -0.05) is 12.1 Å². The van der Waals surface area contributed by atoms with E-state index >= 15 is 0 Å². The minimum Gasteiger partial charge on any atom is -0.369 e. The van der Waals surface area contributed by atoms with E-state index in [9.17, 15) is 9.18 Å². The second kappa shape index (κ2) is 3.97. The van der Waals surface area contributed by atoms with E-state index in [1.165, 1.54) is 19.2 Å². The van der Waals surface area contributed by atoms with Crippen LogP contribution < -0.4 is 0 Å². The minimum absolute atomic E-state index is 0.364. The molecule has 0 aromatic heterocycles. The van der Waals surface area contributed by atoms with Gasteiger partial charge in [0.15, 0.2) is 6.29 Å². The molecule has 12 heavy (non-hydrogen) atoms. The highest BCUT2D eigenvalue weighted by atomic mass is 19.1. The molecule has 0 bridgehead atoms. The quantitative estimate of drug-likeness (QED) is 0.642. The summed E-state index contributed by atoms with van der Waals surface area (Å²) in [7, 11) is 1.41. The number of benzene rings is 1. The standard InChI is InChI=1S/C9H9FO2/c1-12-9(6-11)7-3-2-4-8(10)5-7/h2-6,9H,1H3. The van der Waals surface area contributed by atoms with Crippen LogP contribution in [-0.2, 0) is 9.53 Å². The minimum atomic E-state index is -0.666. The zero-order chi connectivity index (χ0) is 8.97. The maximum absolute atomic E-state index is 12.6. The van der Waals surface area contributed by atoms with Gasteiger partial charge in [0.25, 0.3) is 0 Å². The Labute approximate surface area is 70.0 Å². The van der Waals surface area contributed by atoms with E-state index in [2.05, 4.69) is 0 Å². The van der Waals surface area contributed by atoms with Gasteiger partial charge < -0.3 is 9.53 Å². The molecule has 64 valence electrons. The first kappa shape index (κ1) is 8.87. The van der Waals surface area contributed by atoms with E-state index in [0.29, 0.717) is 11.8 Å². The molecular formula is C9H9FO2. The van der Waals surface area contributed by atoms with Crippen LogP contribution in [-0.4, -0.2) is 13.4 Å². The van der Waals surface area contributed by atoms with Crippen molar-refractivity contribution in [3.05, 3.63) is 35.6 Å². The number of ether oxygens (including phenoxy) is 1. The number of carbonyl (C=O) groups excluding carboxylic acids is 1. The molecule has 0 aliphatic rings. The smallest absolute Gasteiger partial charge is 0.153 e. The average Bonchev–Trinajstić information content (AvgIpc) is 2.07. The van der Waals surface area contributed by atoms with Crippen LogP contribution in [0.4, 0.5) is 4.39 Å². The number of methoxy groups -OCH3 is 1. The fraction of sp³-hybridized carbons (Fsp3) is 0.222. The summed E-state index contributed by atoms with van der Waals surface area (Å²) in [6, 6.07) is 5.79. The predicted molar refractivity (Wildman–Crippen MR) is 42.2 cm³/mol. The van der Waals surface area contributed by atoms with E-state index in [-0.39, 0.29) is 5.82 Å². The lowest BCUT2D eigenvalue weighted by Gasteiger charge is -2.07. The van der Waals surface area contributed by atoms with Crippen molar-refractivity contribution in [3.8, 4) is 0 Å². The molecule has 1 aromatic rings. The molecule has 3 heteroatoms. The van der Waals surface area contributed by atoms with Crippen LogP contribution in [0.1, 0.15) is 11.7 Å². The molecule has 0 saturated heterocycles. The van der Waals surface area contributed by atoms with Crippen LogP contribution in [0.2, 0.25) is 0 Å². The van der Waals surface area contributed by atoms with Crippen LogP contribution in [0.5, 0.6) is 0 Å². The molecule has 1 atom stereocenters. The summed E-state index contributed by atoms with van der Waals surface area (Å²) in [6.07, 6.45) is -0.0323. The van der Waals surface area contributed by atoms with Crippen molar-refractivity contribution in [2.45, 2.75) is 6.10 Å². The molecule has 0 aliphatic carbocycles. The Morgan fingerprint density at radius 2 is 2.33 bits per heavy atom. The maximum Gasteiger partial charge on any atom is 0.153 e. The van der Waals surface area contributed by atoms with Crippen molar-refractivity contribution in [1.82, 2.24) is 0 Å². The first-order valence-electron chi connectivity index (χ1n) is 3.51.